The molecule has 0 fully saturated rings. The summed E-state index contributed by atoms with van der Waals surface area (Å²) >= 11 is 0. The van der Waals surface area contributed by atoms with Gasteiger partial charge in [-0.15, -0.1) is 0 Å². The van der Waals surface area contributed by atoms with Gasteiger partial charge < -0.3 is 9.67 Å². The fraction of sp³-hybridized carbons (Fsp3) is 0.176. The molecule has 0 radical (unpaired) electrons. The van der Waals surface area contributed by atoms with Crippen molar-refractivity contribution in [2.45, 2.75) is 18.6 Å². The summed E-state index contributed by atoms with van der Waals surface area (Å²) in [6.07, 6.45) is 5.56. The molecule has 3 heterocycles. The Kier molecular flexibility index (Phi) is 2.82. The van der Waals surface area contributed by atoms with E-state index >= 15 is 0 Å². The molecule has 0 aliphatic carbocycles. The first kappa shape index (κ1) is 12.3. The monoisotopic (exact) mass is 277 g/mol. The molecule has 0 saturated heterocycles. The molecule has 1 aromatic carbocycles. The second-order valence-corrected chi connectivity index (χ2v) is 5.30. The van der Waals surface area contributed by atoms with Gasteiger partial charge in [0.05, 0.1) is 36.1 Å². The lowest BCUT2D eigenvalue weighted by atomic mass is 9.99. The summed E-state index contributed by atoms with van der Waals surface area (Å²) in [4.78, 5) is 8.74. The minimum Gasteiger partial charge on any atom is -0.388 e. The van der Waals surface area contributed by atoms with Crippen molar-refractivity contribution in [1.29, 1.82) is 0 Å². The highest BCUT2D eigenvalue weighted by Crippen LogP contribution is 2.41. The van der Waals surface area contributed by atoms with Gasteiger partial charge in [0.25, 0.3) is 0 Å². The number of aliphatic hydroxyl groups is 1. The zero-order chi connectivity index (χ0) is 14.2. The molecule has 1 aliphatic rings. The normalized spacial score (nSPS) is 17.3. The number of aromatic nitrogens is 3. The quantitative estimate of drug-likeness (QED) is 0.800. The number of imidazole rings is 1. The van der Waals surface area contributed by atoms with E-state index in [0.29, 0.717) is 6.42 Å². The van der Waals surface area contributed by atoms with Crippen LogP contribution in [0.5, 0.6) is 0 Å². The van der Waals surface area contributed by atoms with E-state index in [1.807, 2.05) is 48.9 Å². The Morgan fingerprint density at radius 3 is 2.86 bits per heavy atom. The highest BCUT2D eigenvalue weighted by Gasteiger charge is 2.31. The van der Waals surface area contributed by atoms with Gasteiger partial charge in [-0.25, -0.2) is 4.98 Å². The minimum atomic E-state index is -0.514. The smallest absolute Gasteiger partial charge is 0.0957 e. The van der Waals surface area contributed by atoms with E-state index in [1.165, 1.54) is 0 Å². The number of hydrogen-bond acceptors (Lipinski definition) is 3. The molecule has 1 aliphatic heterocycles. The van der Waals surface area contributed by atoms with Gasteiger partial charge >= 0.3 is 0 Å². The standard InChI is InChI=1S/C17H15N3O/c21-16(12-5-2-1-3-6-12)9-14-17-13(7-4-8-19-17)15-10-18-11-20(14)15/h1-8,10-11,14,16,21H,9H2/t14-,16+/m0/s1. The van der Waals surface area contributed by atoms with Crippen LogP contribution in [0.15, 0.2) is 61.2 Å². The highest BCUT2D eigenvalue weighted by atomic mass is 16.3. The Morgan fingerprint density at radius 1 is 1.14 bits per heavy atom. The third kappa shape index (κ3) is 1.96. The van der Waals surface area contributed by atoms with E-state index in [-0.39, 0.29) is 6.04 Å². The SMILES string of the molecule is O[C@H](C[C@H]1c2ncccc2-c2cncn21)c1ccccc1. The number of fused-ring (bicyclic) bond motifs is 3. The maximum absolute atomic E-state index is 10.5. The molecule has 0 bridgehead atoms. The molecule has 0 unspecified atom stereocenters. The van der Waals surface area contributed by atoms with Crippen molar-refractivity contribution in [2.75, 3.05) is 0 Å². The largest absolute Gasteiger partial charge is 0.388 e. The molecule has 21 heavy (non-hydrogen) atoms. The molecule has 4 nitrogen and oxygen atoms in total. The molecule has 2 atom stereocenters. The van der Waals surface area contributed by atoms with Gasteiger partial charge in [-0.2, -0.15) is 0 Å². The molecule has 0 saturated carbocycles. The number of benzene rings is 1. The summed E-state index contributed by atoms with van der Waals surface area (Å²) < 4.78 is 2.10. The maximum Gasteiger partial charge on any atom is 0.0957 e. The first-order valence-electron chi connectivity index (χ1n) is 7.04. The fourth-order valence-corrected chi connectivity index (χ4v) is 3.04. The van der Waals surface area contributed by atoms with Gasteiger partial charge in [0.15, 0.2) is 0 Å². The zero-order valence-corrected chi connectivity index (χ0v) is 11.4. The minimum absolute atomic E-state index is 0.0360. The molecule has 2 aromatic heterocycles. The second-order valence-electron chi connectivity index (χ2n) is 5.30. The van der Waals surface area contributed by atoms with Gasteiger partial charge in [-0.3, -0.25) is 4.98 Å². The number of aliphatic hydroxyl groups excluding tert-OH is 1. The summed E-state index contributed by atoms with van der Waals surface area (Å²) in [6.45, 7) is 0. The van der Waals surface area contributed by atoms with Crippen molar-refractivity contribution >= 4 is 0 Å². The highest BCUT2D eigenvalue weighted by molar-refractivity contribution is 5.66. The van der Waals surface area contributed by atoms with Crippen LogP contribution in [0.1, 0.15) is 29.8 Å². The molecular weight excluding hydrogens is 262 g/mol. The van der Waals surface area contributed by atoms with E-state index < -0.39 is 6.10 Å². The van der Waals surface area contributed by atoms with Crippen LogP contribution in [0.25, 0.3) is 11.3 Å². The van der Waals surface area contributed by atoms with Crippen LogP contribution in [0.2, 0.25) is 0 Å². The summed E-state index contributed by atoms with van der Waals surface area (Å²) in [5.74, 6) is 0. The average molecular weight is 277 g/mol. The molecule has 104 valence electrons. The van der Waals surface area contributed by atoms with Crippen LogP contribution in [-0.2, 0) is 0 Å². The topological polar surface area (TPSA) is 50.9 Å². The Bertz CT molecular complexity index is 766. The zero-order valence-electron chi connectivity index (χ0n) is 11.4. The lowest BCUT2D eigenvalue weighted by molar-refractivity contribution is 0.153. The lowest BCUT2D eigenvalue weighted by Crippen LogP contribution is -2.11. The van der Waals surface area contributed by atoms with E-state index in [1.54, 1.807) is 6.20 Å². The Labute approximate surface area is 122 Å². The van der Waals surface area contributed by atoms with Gasteiger partial charge in [0.1, 0.15) is 0 Å². The number of hydrogen-bond donors (Lipinski definition) is 1. The van der Waals surface area contributed by atoms with Gasteiger partial charge in [0.2, 0.25) is 0 Å². The maximum atomic E-state index is 10.5. The van der Waals surface area contributed by atoms with Crippen LogP contribution in [0, 0.1) is 0 Å². The third-order valence-electron chi connectivity index (χ3n) is 4.06. The first-order valence-corrected chi connectivity index (χ1v) is 7.04. The lowest BCUT2D eigenvalue weighted by Gasteiger charge is -2.18. The summed E-state index contributed by atoms with van der Waals surface area (Å²) in [5.41, 5.74) is 4.14. The predicted molar refractivity (Wildman–Crippen MR) is 79.6 cm³/mol. The van der Waals surface area contributed by atoms with E-state index in [4.69, 9.17) is 0 Å². The van der Waals surface area contributed by atoms with Crippen LogP contribution < -0.4 is 0 Å². The van der Waals surface area contributed by atoms with Crippen LogP contribution in [0.3, 0.4) is 0 Å². The Hall–Kier alpha value is -2.46. The number of rotatable bonds is 3. The average Bonchev–Trinajstić information content (AvgIpc) is 3.11. The van der Waals surface area contributed by atoms with Crippen LogP contribution >= 0.6 is 0 Å². The fourth-order valence-electron chi connectivity index (χ4n) is 3.04. The molecule has 0 spiro atoms. The Morgan fingerprint density at radius 2 is 2.00 bits per heavy atom. The molecular formula is C17H15N3O. The van der Waals surface area contributed by atoms with Crippen molar-refractivity contribution in [1.82, 2.24) is 14.5 Å². The van der Waals surface area contributed by atoms with Crippen molar-refractivity contribution < 1.29 is 5.11 Å². The van der Waals surface area contributed by atoms with Crippen molar-refractivity contribution in [3.63, 3.8) is 0 Å². The number of nitrogens with zero attached hydrogens (tertiary/aromatic N) is 3. The van der Waals surface area contributed by atoms with Gasteiger partial charge in [0, 0.05) is 18.2 Å². The molecule has 0 amide bonds. The van der Waals surface area contributed by atoms with Crippen LogP contribution in [0.4, 0.5) is 0 Å². The van der Waals surface area contributed by atoms with E-state index in [9.17, 15) is 5.11 Å². The summed E-state index contributed by atoms with van der Waals surface area (Å²) in [7, 11) is 0. The van der Waals surface area contributed by atoms with Gasteiger partial charge in [-0.1, -0.05) is 30.3 Å². The molecule has 1 N–H and O–H groups in total. The van der Waals surface area contributed by atoms with Crippen molar-refractivity contribution in [2.24, 2.45) is 0 Å². The van der Waals surface area contributed by atoms with E-state index in [0.717, 1.165) is 22.5 Å². The summed E-state index contributed by atoms with van der Waals surface area (Å²) in [6, 6.07) is 13.8. The predicted octanol–water partition coefficient (Wildman–Crippen LogP) is 2.97. The second kappa shape index (κ2) is 4.82. The Balaban J connectivity index is 1.70. The van der Waals surface area contributed by atoms with Crippen molar-refractivity contribution in [3.8, 4) is 11.3 Å². The first-order chi connectivity index (χ1) is 10.3. The van der Waals surface area contributed by atoms with Gasteiger partial charge in [-0.05, 0) is 17.7 Å². The van der Waals surface area contributed by atoms with E-state index in [2.05, 4.69) is 20.6 Å². The van der Waals surface area contributed by atoms with Crippen molar-refractivity contribution in [3.05, 3.63) is 72.4 Å². The molecule has 4 rings (SSSR count). The molecule has 3 aromatic rings. The summed E-state index contributed by atoms with van der Waals surface area (Å²) in [5, 5.41) is 10.5. The third-order valence-corrected chi connectivity index (χ3v) is 4.06. The number of pyridine rings is 1. The van der Waals surface area contributed by atoms with Crippen LogP contribution in [-0.4, -0.2) is 19.6 Å². The molecule has 4 heteroatoms.